The number of nitrogens with zero attached hydrogens (tertiary/aromatic N) is 2. The molecule has 0 radical (unpaired) electrons. The van der Waals surface area contributed by atoms with Gasteiger partial charge in [0.25, 0.3) is 0 Å². The lowest BCUT2D eigenvalue weighted by Gasteiger charge is -2.11. The molecule has 0 atom stereocenters. The molecule has 1 aromatic carbocycles. The highest BCUT2D eigenvalue weighted by molar-refractivity contribution is 7.89. The summed E-state index contributed by atoms with van der Waals surface area (Å²) in [5.74, 6) is -0.324. The van der Waals surface area contributed by atoms with E-state index in [4.69, 9.17) is 11.6 Å². The van der Waals surface area contributed by atoms with E-state index < -0.39 is 10.0 Å². The number of carbonyl (C=O) groups is 1. The van der Waals surface area contributed by atoms with Crippen molar-refractivity contribution in [1.82, 2.24) is 19.4 Å². The second-order valence-electron chi connectivity index (χ2n) is 6.32. The van der Waals surface area contributed by atoms with Gasteiger partial charge in [0.1, 0.15) is 0 Å². The molecule has 0 aliphatic heterocycles. The first kappa shape index (κ1) is 20.5. The molecule has 2 aromatic heterocycles. The van der Waals surface area contributed by atoms with E-state index in [1.807, 2.05) is 11.6 Å². The molecule has 28 heavy (non-hydrogen) atoms. The number of thiazole rings is 1. The van der Waals surface area contributed by atoms with Gasteiger partial charge in [-0.05, 0) is 37.6 Å². The van der Waals surface area contributed by atoms with Crippen LogP contribution in [0.25, 0.3) is 11.0 Å². The van der Waals surface area contributed by atoms with Gasteiger partial charge >= 0.3 is 0 Å². The van der Waals surface area contributed by atoms with Crippen molar-refractivity contribution >= 4 is 49.9 Å². The molecule has 0 aliphatic carbocycles. The number of aromatic nitrogens is 2. The van der Waals surface area contributed by atoms with E-state index in [9.17, 15) is 13.2 Å². The van der Waals surface area contributed by atoms with Gasteiger partial charge in [-0.2, -0.15) is 0 Å². The van der Waals surface area contributed by atoms with E-state index >= 15 is 0 Å². The SMILES string of the molecule is CC(C)NS(=O)(=O)c1cccc(CNC(=O)/C=C/c2c(Cl)nc3sccn23)c1. The molecule has 0 aliphatic rings. The lowest BCUT2D eigenvalue weighted by Crippen LogP contribution is -2.30. The van der Waals surface area contributed by atoms with Gasteiger partial charge in [0.15, 0.2) is 10.1 Å². The van der Waals surface area contributed by atoms with E-state index in [1.54, 1.807) is 36.5 Å². The van der Waals surface area contributed by atoms with Gasteiger partial charge in [-0.25, -0.2) is 18.1 Å². The average Bonchev–Trinajstić information content (AvgIpc) is 3.18. The fourth-order valence-electron chi connectivity index (χ4n) is 2.53. The van der Waals surface area contributed by atoms with Crippen LogP contribution in [-0.4, -0.2) is 29.8 Å². The predicted molar refractivity (Wildman–Crippen MR) is 111 cm³/mol. The molecular formula is C18H19ClN4O3S2. The maximum absolute atomic E-state index is 12.3. The second kappa shape index (κ2) is 8.44. The van der Waals surface area contributed by atoms with E-state index in [2.05, 4.69) is 15.0 Å². The maximum Gasteiger partial charge on any atom is 0.244 e. The number of nitrogens with one attached hydrogen (secondary N) is 2. The molecule has 0 saturated carbocycles. The van der Waals surface area contributed by atoms with Crippen molar-refractivity contribution in [2.45, 2.75) is 31.3 Å². The summed E-state index contributed by atoms with van der Waals surface area (Å²) in [6, 6.07) is 6.25. The van der Waals surface area contributed by atoms with Gasteiger partial charge in [0, 0.05) is 30.2 Å². The molecule has 10 heteroatoms. The highest BCUT2D eigenvalue weighted by atomic mass is 35.5. The molecule has 3 rings (SSSR count). The Balaban J connectivity index is 1.66. The zero-order valence-electron chi connectivity index (χ0n) is 15.2. The van der Waals surface area contributed by atoms with Crippen LogP contribution in [0.2, 0.25) is 5.15 Å². The number of sulfonamides is 1. The number of benzene rings is 1. The molecule has 0 saturated heterocycles. The minimum Gasteiger partial charge on any atom is -0.348 e. The van der Waals surface area contributed by atoms with E-state index in [0.717, 1.165) is 4.96 Å². The Morgan fingerprint density at radius 1 is 1.39 bits per heavy atom. The topological polar surface area (TPSA) is 92.6 Å². The molecule has 0 fully saturated rings. The number of carbonyl (C=O) groups excluding carboxylic acids is 1. The first-order valence-corrected chi connectivity index (χ1v) is 11.2. The Bertz CT molecular complexity index is 1130. The number of halogens is 1. The van der Waals surface area contributed by atoms with Crippen LogP contribution in [0.4, 0.5) is 0 Å². The normalized spacial score (nSPS) is 12.3. The molecule has 0 bridgehead atoms. The van der Waals surface area contributed by atoms with Crippen LogP contribution in [0, 0.1) is 0 Å². The minimum atomic E-state index is -3.58. The summed E-state index contributed by atoms with van der Waals surface area (Å²) in [6.07, 6.45) is 4.79. The predicted octanol–water partition coefficient (Wildman–Crippen LogP) is 3.07. The van der Waals surface area contributed by atoms with Gasteiger partial charge in [-0.3, -0.25) is 9.20 Å². The quantitative estimate of drug-likeness (QED) is 0.554. The molecule has 0 unspecified atom stereocenters. The van der Waals surface area contributed by atoms with Crippen LogP contribution < -0.4 is 10.0 Å². The van der Waals surface area contributed by atoms with Crippen molar-refractivity contribution < 1.29 is 13.2 Å². The second-order valence-corrected chi connectivity index (χ2v) is 9.26. The third-order valence-corrected chi connectivity index (χ3v) is 6.40. The van der Waals surface area contributed by atoms with Crippen LogP contribution in [0.15, 0.2) is 46.8 Å². The number of imidazole rings is 1. The van der Waals surface area contributed by atoms with Crippen molar-refractivity contribution in [1.29, 1.82) is 0 Å². The molecule has 3 aromatic rings. The summed E-state index contributed by atoms with van der Waals surface area (Å²) in [5, 5.41) is 4.94. The Labute approximate surface area is 172 Å². The highest BCUT2D eigenvalue weighted by Crippen LogP contribution is 2.22. The molecule has 148 valence electrons. The minimum absolute atomic E-state index is 0.161. The largest absolute Gasteiger partial charge is 0.348 e. The Morgan fingerprint density at radius 3 is 2.93 bits per heavy atom. The fourth-order valence-corrected chi connectivity index (χ4v) is 4.86. The summed E-state index contributed by atoms with van der Waals surface area (Å²) in [5.41, 5.74) is 1.30. The lowest BCUT2D eigenvalue weighted by atomic mass is 10.2. The number of hydrogen-bond donors (Lipinski definition) is 2. The summed E-state index contributed by atoms with van der Waals surface area (Å²) in [6.45, 7) is 3.71. The zero-order chi connectivity index (χ0) is 20.3. The molecule has 7 nitrogen and oxygen atoms in total. The van der Waals surface area contributed by atoms with Crippen LogP contribution >= 0.6 is 22.9 Å². The average molecular weight is 439 g/mol. The maximum atomic E-state index is 12.3. The Kier molecular flexibility index (Phi) is 6.19. The van der Waals surface area contributed by atoms with Crippen LogP contribution in [0.3, 0.4) is 0 Å². The monoisotopic (exact) mass is 438 g/mol. The van der Waals surface area contributed by atoms with E-state index in [0.29, 0.717) is 16.4 Å². The smallest absolute Gasteiger partial charge is 0.244 e. The summed E-state index contributed by atoms with van der Waals surface area (Å²) >= 11 is 7.54. The first-order valence-electron chi connectivity index (χ1n) is 8.44. The summed E-state index contributed by atoms with van der Waals surface area (Å²) in [4.78, 5) is 17.2. The zero-order valence-corrected chi connectivity index (χ0v) is 17.6. The highest BCUT2D eigenvalue weighted by Gasteiger charge is 2.15. The summed E-state index contributed by atoms with van der Waals surface area (Å²) in [7, 11) is -3.58. The van der Waals surface area contributed by atoms with Crippen molar-refractivity contribution in [3.63, 3.8) is 0 Å². The molecule has 2 heterocycles. The molecular weight excluding hydrogens is 420 g/mol. The molecule has 2 N–H and O–H groups in total. The number of rotatable bonds is 7. The third kappa shape index (κ3) is 4.79. The van der Waals surface area contributed by atoms with Gasteiger partial charge < -0.3 is 5.32 Å². The number of fused-ring (bicyclic) bond motifs is 1. The lowest BCUT2D eigenvalue weighted by molar-refractivity contribution is -0.116. The standard InChI is InChI=1S/C18H19ClN4O3S2/c1-12(2)22-28(25,26)14-5-3-4-13(10-14)11-20-16(24)7-6-15-17(19)21-18-23(15)8-9-27-18/h3-10,12,22H,11H2,1-2H3,(H,20,24)/b7-6+. The number of amides is 1. The van der Waals surface area contributed by atoms with Crippen LogP contribution in [-0.2, 0) is 21.4 Å². The van der Waals surface area contributed by atoms with Crippen LogP contribution in [0.5, 0.6) is 0 Å². The van der Waals surface area contributed by atoms with Gasteiger partial charge in [0.2, 0.25) is 15.9 Å². The molecule has 1 amide bonds. The Morgan fingerprint density at radius 2 is 2.18 bits per heavy atom. The van der Waals surface area contributed by atoms with Gasteiger partial charge in [-0.1, -0.05) is 23.7 Å². The van der Waals surface area contributed by atoms with Crippen molar-refractivity contribution in [3.05, 3.63) is 58.3 Å². The van der Waals surface area contributed by atoms with Gasteiger partial charge in [0.05, 0.1) is 10.6 Å². The molecule has 0 spiro atoms. The van der Waals surface area contributed by atoms with Crippen molar-refractivity contribution in [2.24, 2.45) is 0 Å². The van der Waals surface area contributed by atoms with Crippen LogP contribution in [0.1, 0.15) is 25.1 Å². The Hall–Kier alpha value is -2.20. The van der Waals surface area contributed by atoms with Crippen molar-refractivity contribution in [2.75, 3.05) is 0 Å². The summed E-state index contributed by atoms with van der Waals surface area (Å²) < 4.78 is 28.8. The van der Waals surface area contributed by atoms with Gasteiger partial charge in [-0.15, -0.1) is 11.3 Å². The third-order valence-electron chi connectivity index (χ3n) is 3.71. The van der Waals surface area contributed by atoms with E-state index in [1.165, 1.54) is 29.5 Å². The number of hydrogen-bond acceptors (Lipinski definition) is 5. The van der Waals surface area contributed by atoms with Crippen molar-refractivity contribution in [3.8, 4) is 0 Å². The first-order chi connectivity index (χ1) is 13.3. The fraction of sp³-hybridized carbons (Fsp3) is 0.222. The van der Waals surface area contributed by atoms with E-state index in [-0.39, 0.29) is 23.4 Å².